The highest BCUT2D eigenvalue weighted by atomic mass is 35.5. The fourth-order valence-corrected chi connectivity index (χ4v) is 1.71. The number of aliphatic hydroxyl groups is 2. The van der Waals surface area contributed by atoms with Crippen LogP contribution < -0.4 is 0 Å². The molecule has 0 heterocycles. The highest BCUT2D eigenvalue weighted by Gasteiger charge is 2.20. The van der Waals surface area contributed by atoms with Crippen molar-refractivity contribution in [2.45, 2.75) is 19.1 Å². The first-order valence-electron chi connectivity index (χ1n) is 5.14. The second-order valence-corrected chi connectivity index (χ2v) is 4.13. The van der Waals surface area contributed by atoms with Gasteiger partial charge in [0.2, 0.25) is 0 Å². The predicted octanol–water partition coefficient (Wildman–Crippen LogP) is 2.25. The molecule has 1 aromatic rings. The van der Waals surface area contributed by atoms with Gasteiger partial charge in [0.25, 0.3) is 0 Å². The van der Waals surface area contributed by atoms with E-state index in [1.165, 1.54) is 25.1 Å². The van der Waals surface area contributed by atoms with Gasteiger partial charge in [-0.2, -0.15) is 0 Å². The third kappa shape index (κ3) is 3.45. The van der Waals surface area contributed by atoms with Crippen molar-refractivity contribution in [1.29, 1.82) is 0 Å². The summed E-state index contributed by atoms with van der Waals surface area (Å²) in [6.07, 6.45) is -2.52. The summed E-state index contributed by atoms with van der Waals surface area (Å²) in [5, 5.41) is 22.7. The lowest BCUT2D eigenvalue weighted by Crippen LogP contribution is -2.21. The van der Waals surface area contributed by atoms with Gasteiger partial charge in [-0.15, -0.1) is 0 Å². The third-order valence-corrected chi connectivity index (χ3v) is 2.75. The van der Waals surface area contributed by atoms with E-state index in [9.17, 15) is 15.0 Å². The molecule has 0 amide bonds. The zero-order chi connectivity index (χ0) is 13.7. The van der Waals surface area contributed by atoms with Crippen molar-refractivity contribution in [3.8, 4) is 0 Å². The van der Waals surface area contributed by atoms with Crippen molar-refractivity contribution in [1.82, 2.24) is 0 Å². The average Bonchev–Trinajstić information content (AvgIpc) is 2.34. The highest BCUT2D eigenvalue weighted by molar-refractivity contribution is 6.31. The van der Waals surface area contributed by atoms with Crippen LogP contribution in [0.4, 0.5) is 0 Å². The van der Waals surface area contributed by atoms with E-state index in [1.807, 2.05) is 0 Å². The van der Waals surface area contributed by atoms with Crippen LogP contribution in [0.2, 0.25) is 5.02 Å². The first kappa shape index (κ1) is 14.5. The Morgan fingerprint density at radius 2 is 2.22 bits per heavy atom. The van der Waals surface area contributed by atoms with Gasteiger partial charge in [-0.1, -0.05) is 28.8 Å². The van der Waals surface area contributed by atoms with Gasteiger partial charge < -0.3 is 10.2 Å². The Labute approximate surface area is 108 Å². The van der Waals surface area contributed by atoms with Crippen LogP contribution in [0.15, 0.2) is 23.3 Å². The lowest BCUT2D eigenvalue weighted by Gasteiger charge is -2.17. The number of halogens is 1. The van der Waals surface area contributed by atoms with Crippen molar-refractivity contribution >= 4 is 17.4 Å². The highest BCUT2D eigenvalue weighted by Crippen LogP contribution is 2.26. The number of hydrogen-bond donors (Lipinski definition) is 2. The van der Waals surface area contributed by atoms with Crippen LogP contribution in [0.5, 0.6) is 0 Å². The minimum atomic E-state index is -1.27. The van der Waals surface area contributed by atoms with Crippen LogP contribution in [0.25, 0.3) is 10.4 Å². The minimum absolute atomic E-state index is 0.146. The van der Waals surface area contributed by atoms with Crippen LogP contribution in [-0.2, 0) is 0 Å². The Bertz CT molecular complexity index is 500. The molecule has 0 aliphatic rings. The molecule has 2 unspecified atom stereocenters. The molecular weight excluding hydrogens is 258 g/mol. The molecule has 0 saturated carbocycles. The van der Waals surface area contributed by atoms with Crippen LogP contribution in [0.3, 0.4) is 0 Å². The Balaban J connectivity index is 2.95. The smallest absolute Gasteiger partial charge is 0.159 e. The molecule has 1 rings (SSSR count). The molecule has 7 heteroatoms. The van der Waals surface area contributed by atoms with Gasteiger partial charge in [0.1, 0.15) is 6.10 Å². The molecule has 6 nitrogen and oxygen atoms in total. The Morgan fingerprint density at radius 1 is 1.56 bits per heavy atom. The van der Waals surface area contributed by atoms with Crippen LogP contribution in [0.1, 0.15) is 28.9 Å². The zero-order valence-electron chi connectivity index (χ0n) is 9.62. The molecule has 18 heavy (non-hydrogen) atoms. The van der Waals surface area contributed by atoms with Gasteiger partial charge in [0.05, 0.1) is 12.6 Å². The number of rotatable bonds is 5. The van der Waals surface area contributed by atoms with Crippen molar-refractivity contribution in [2.75, 3.05) is 6.54 Å². The fourth-order valence-electron chi connectivity index (χ4n) is 1.41. The number of benzene rings is 1. The van der Waals surface area contributed by atoms with Gasteiger partial charge in [-0.05, 0) is 18.5 Å². The molecule has 96 valence electrons. The quantitative estimate of drug-likeness (QED) is 0.370. The van der Waals surface area contributed by atoms with Crippen molar-refractivity contribution < 1.29 is 15.0 Å². The normalized spacial score (nSPS) is 13.6. The van der Waals surface area contributed by atoms with Crippen LogP contribution in [0, 0.1) is 0 Å². The molecule has 2 atom stereocenters. The van der Waals surface area contributed by atoms with Crippen LogP contribution >= 0.6 is 11.6 Å². The molecule has 0 aliphatic carbocycles. The van der Waals surface area contributed by atoms with Crippen molar-refractivity contribution in [3.05, 3.63) is 44.8 Å². The third-order valence-electron chi connectivity index (χ3n) is 2.42. The minimum Gasteiger partial charge on any atom is -0.390 e. The first-order chi connectivity index (χ1) is 8.47. The standard InChI is InChI=1S/C11H12ClN3O3/c1-6(16)7-2-3-8(9(12)4-7)11(18)10(17)5-14-15-13/h2-4,10-11,17-18H,5H2,1H3. The summed E-state index contributed by atoms with van der Waals surface area (Å²) in [5.74, 6) is -0.146. The molecule has 2 N–H and O–H groups in total. The number of nitrogens with zero attached hydrogens (tertiary/aromatic N) is 3. The predicted molar refractivity (Wildman–Crippen MR) is 66.4 cm³/mol. The number of Topliss-reactive ketones (excluding diaryl/α,β-unsaturated/α-hetero) is 1. The van der Waals surface area contributed by atoms with E-state index in [0.717, 1.165) is 0 Å². The van der Waals surface area contributed by atoms with Crippen LogP contribution in [-0.4, -0.2) is 28.6 Å². The molecule has 0 bridgehead atoms. The van der Waals surface area contributed by atoms with Crippen molar-refractivity contribution in [3.63, 3.8) is 0 Å². The monoisotopic (exact) mass is 269 g/mol. The first-order valence-corrected chi connectivity index (χ1v) is 5.52. The van der Waals surface area contributed by atoms with E-state index >= 15 is 0 Å². The lowest BCUT2D eigenvalue weighted by atomic mass is 10.0. The molecule has 0 aliphatic heterocycles. The largest absolute Gasteiger partial charge is 0.390 e. The molecule has 0 radical (unpaired) electrons. The molecule has 0 saturated heterocycles. The number of carbonyl (C=O) groups excluding carboxylic acids is 1. The van der Waals surface area contributed by atoms with E-state index in [-0.39, 0.29) is 22.9 Å². The molecule has 1 aromatic carbocycles. The molecule has 0 fully saturated rings. The SMILES string of the molecule is CC(=O)c1ccc(C(O)C(O)CN=[N+]=[N-])c(Cl)c1. The second kappa shape index (κ2) is 6.37. The van der Waals surface area contributed by atoms with Gasteiger partial charge in [0.15, 0.2) is 5.78 Å². The molecular formula is C11H12ClN3O3. The van der Waals surface area contributed by atoms with E-state index in [1.54, 1.807) is 0 Å². The van der Waals surface area contributed by atoms with Gasteiger partial charge in [-0.3, -0.25) is 4.79 Å². The van der Waals surface area contributed by atoms with E-state index in [0.29, 0.717) is 5.56 Å². The maximum absolute atomic E-state index is 11.1. The number of hydrogen-bond acceptors (Lipinski definition) is 4. The fraction of sp³-hybridized carbons (Fsp3) is 0.364. The van der Waals surface area contributed by atoms with Gasteiger partial charge in [0, 0.05) is 21.1 Å². The average molecular weight is 270 g/mol. The number of aliphatic hydroxyl groups excluding tert-OH is 2. The number of carbonyl (C=O) groups is 1. The van der Waals surface area contributed by atoms with Crippen molar-refractivity contribution in [2.24, 2.45) is 5.11 Å². The second-order valence-electron chi connectivity index (χ2n) is 3.72. The van der Waals surface area contributed by atoms with E-state index in [4.69, 9.17) is 17.1 Å². The summed E-state index contributed by atoms with van der Waals surface area (Å²) in [7, 11) is 0. The Hall–Kier alpha value is -1.59. The number of ketones is 1. The molecule has 0 spiro atoms. The maximum atomic E-state index is 11.1. The summed E-state index contributed by atoms with van der Waals surface area (Å²) in [6, 6.07) is 4.39. The Morgan fingerprint density at radius 3 is 2.72 bits per heavy atom. The summed E-state index contributed by atoms with van der Waals surface area (Å²) in [4.78, 5) is 13.6. The summed E-state index contributed by atoms with van der Waals surface area (Å²) in [6.45, 7) is 1.14. The summed E-state index contributed by atoms with van der Waals surface area (Å²) in [5.41, 5.74) is 8.82. The van der Waals surface area contributed by atoms with E-state index in [2.05, 4.69) is 10.0 Å². The van der Waals surface area contributed by atoms with Gasteiger partial charge in [-0.25, -0.2) is 0 Å². The van der Waals surface area contributed by atoms with E-state index < -0.39 is 12.2 Å². The topological polar surface area (TPSA) is 106 Å². The lowest BCUT2D eigenvalue weighted by molar-refractivity contribution is 0.0244. The van der Waals surface area contributed by atoms with Gasteiger partial charge >= 0.3 is 0 Å². The summed E-state index contributed by atoms with van der Waals surface area (Å²) >= 11 is 5.92. The molecule has 0 aromatic heterocycles. The maximum Gasteiger partial charge on any atom is 0.159 e. The Kier molecular flexibility index (Phi) is 5.12. The number of azide groups is 1. The summed E-state index contributed by atoms with van der Waals surface area (Å²) < 4.78 is 0. The zero-order valence-corrected chi connectivity index (χ0v) is 10.4.